The van der Waals surface area contributed by atoms with E-state index in [1.54, 1.807) is 0 Å². The Morgan fingerprint density at radius 2 is 1.19 bits per heavy atom. The van der Waals surface area contributed by atoms with Crippen LogP contribution in [0.3, 0.4) is 0 Å². The van der Waals surface area contributed by atoms with Gasteiger partial charge in [-0.25, -0.2) is 4.39 Å². The van der Waals surface area contributed by atoms with Gasteiger partial charge in [0.05, 0.1) is 19.8 Å². The first-order chi connectivity index (χ1) is 15.7. The fourth-order valence-electron chi connectivity index (χ4n) is 3.92. The van der Waals surface area contributed by atoms with Crippen LogP contribution in [0.1, 0.15) is 115 Å². The number of benzene rings is 1. The molecule has 0 aliphatic rings. The van der Waals surface area contributed by atoms with E-state index < -0.39 is 0 Å². The molecule has 4 heteroatoms. The molecular formula is C28H47BrFO2. The third kappa shape index (κ3) is 19.1. The second-order valence-electron chi connectivity index (χ2n) is 8.96. The topological polar surface area (TPSA) is 18.5 Å². The molecule has 0 heterocycles. The van der Waals surface area contributed by atoms with Crippen molar-refractivity contribution in [3.05, 3.63) is 40.5 Å². The first-order valence-electron chi connectivity index (χ1n) is 13.1. The van der Waals surface area contributed by atoms with Crippen LogP contribution in [-0.4, -0.2) is 19.8 Å². The number of ether oxygens (including phenoxy) is 2. The quantitative estimate of drug-likeness (QED) is 0.135. The van der Waals surface area contributed by atoms with Crippen molar-refractivity contribution in [1.29, 1.82) is 0 Å². The highest BCUT2D eigenvalue weighted by Gasteiger charge is 2.00. The van der Waals surface area contributed by atoms with Gasteiger partial charge in [-0.3, -0.25) is 0 Å². The van der Waals surface area contributed by atoms with E-state index in [9.17, 15) is 4.39 Å². The lowest BCUT2D eigenvalue weighted by atomic mass is 10.0. The van der Waals surface area contributed by atoms with Crippen molar-refractivity contribution in [1.82, 2.24) is 0 Å². The monoisotopic (exact) mass is 513 g/mol. The average Bonchev–Trinajstić information content (AvgIpc) is 2.76. The van der Waals surface area contributed by atoms with Gasteiger partial charge in [0.25, 0.3) is 0 Å². The summed E-state index contributed by atoms with van der Waals surface area (Å²) in [6.45, 7) is 4.66. The highest BCUT2D eigenvalue weighted by atomic mass is 79.9. The molecule has 32 heavy (non-hydrogen) atoms. The average molecular weight is 515 g/mol. The molecular weight excluding hydrogens is 467 g/mol. The molecule has 0 saturated heterocycles. The zero-order valence-electron chi connectivity index (χ0n) is 20.5. The maximum absolute atomic E-state index is 13.3. The second-order valence-corrected chi connectivity index (χ2v) is 9.88. The van der Waals surface area contributed by atoms with Gasteiger partial charge in [0, 0.05) is 17.5 Å². The third-order valence-corrected chi connectivity index (χ3v) is 6.26. The smallest absolute Gasteiger partial charge is 0.124 e. The normalized spacial score (nSPS) is 11.3. The highest BCUT2D eigenvalue weighted by Crippen LogP contribution is 2.16. The van der Waals surface area contributed by atoms with Crippen molar-refractivity contribution >= 4 is 15.9 Å². The van der Waals surface area contributed by atoms with Crippen LogP contribution < -0.4 is 0 Å². The Bertz CT molecular complexity index is 518. The van der Waals surface area contributed by atoms with Gasteiger partial charge >= 0.3 is 0 Å². The Balaban J connectivity index is 1.71. The Morgan fingerprint density at radius 3 is 1.72 bits per heavy atom. The van der Waals surface area contributed by atoms with Gasteiger partial charge in [-0.15, -0.1) is 0 Å². The minimum Gasteiger partial charge on any atom is -0.381 e. The van der Waals surface area contributed by atoms with Crippen LogP contribution >= 0.6 is 15.9 Å². The molecule has 0 bridgehead atoms. The molecule has 1 aromatic rings. The summed E-state index contributed by atoms with van der Waals surface area (Å²) in [4.78, 5) is 0. The van der Waals surface area contributed by atoms with Crippen LogP contribution in [0.4, 0.5) is 4.39 Å². The molecule has 185 valence electrons. The SMILES string of the molecule is CCCCCCCCCCCCCCCCCCOC[CH]COCc1cc(F)cc(Br)c1. The van der Waals surface area contributed by atoms with Crippen LogP contribution in [-0.2, 0) is 16.1 Å². The van der Waals surface area contributed by atoms with Gasteiger partial charge in [0.15, 0.2) is 0 Å². The van der Waals surface area contributed by atoms with E-state index in [4.69, 9.17) is 9.47 Å². The summed E-state index contributed by atoms with van der Waals surface area (Å²) >= 11 is 3.29. The van der Waals surface area contributed by atoms with Gasteiger partial charge in [-0.05, 0) is 30.2 Å². The van der Waals surface area contributed by atoms with Crippen LogP contribution in [0.25, 0.3) is 0 Å². The Labute approximate surface area is 206 Å². The number of rotatable bonds is 23. The largest absolute Gasteiger partial charge is 0.381 e. The molecule has 0 amide bonds. The maximum atomic E-state index is 13.3. The molecule has 0 N–H and O–H groups in total. The van der Waals surface area contributed by atoms with E-state index in [0.29, 0.717) is 19.8 Å². The summed E-state index contributed by atoms with van der Waals surface area (Å²) in [5, 5.41) is 0. The van der Waals surface area contributed by atoms with E-state index in [-0.39, 0.29) is 5.82 Å². The van der Waals surface area contributed by atoms with Crippen molar-refractivity contribution in [2.45, 2.75) is 116 Å². The van der Waals surface area contributed by atoms with Crippen LogP contribution in [0.15, 0.2) is 22.7 Å². The minimum atomic E-state index is -0.246. The molecule has 0 aliphatic carbocycles. The fraction of sp³-hybridized carbons (Fsp3) is 0.750. The number of hydrogen-bond acceptors (Lipinski definition) is 2. The van der Waals surface area contributed by atoms with Gasteiger partial charge in [0.2, 0.25) is 0 Å². The lowest BCUT2D eigenvalue weighted by molar-refractivity contribution is 0.106. The molecule has 0 unspecified atom stereocenters. The van der Waals surface area contributed by atoms with Crippen LogP contribution in [0.2, 0.25) is 0 Å². The Hall–Kier alpha value is -0.450. The number of unbranched alkanes of at least 4 members (excludes halogenated alkanes) is 15. The van der Waals surface area contributed by atoms with E-state index in [2.05, 4.69) is 22.9 Å². The molecule has 2 nitrogen and oxygen atoms in total. The zero-order chi connectivity index (χ0) is 23.1. The molecule has 0 aliphatic heterocycles. The van der Waals surface area contributed by atoms with E-state index in [1.807, 2.05) is 12.5 Å². The Kier molecular flexibility index (Phi) is 20.7. The fourth-order valence-corrected chi connectivity index (χ4v) is 4.43. The maximum Gasteiger partial charge on any atom is 0.124 e. The zero-order valence-corrected chi connectivity index (χ0v) is 22.1. The first kappa shape index (κ1) is 29.6. The highest BCUT2D eigenvalue weighted by molar-refractivity contribution is 9.10. The van der Waals surface area contributed by atoms with Gasteiger partial charge < -0.3 is 9.47 Å². The third-order valence-electron chi connectivity index (χ3n) is 5.80. The van der Waals surface area contributed by atoms with Crippen molar-refractivity contribution in [2.75, 3.05) is 19.8 Å². The summed E-state index contributed by atoms with van der Waals surface area (Å²) in [6, 6.07) is 4.82. The van der Waals surface area contributed by atoms with Crippen molar-refractivity contribution in [3.63, 3.8) is 0 Å². The van der Waals surface area contributed by atoms with Crippen molar-refractivity contribution < 1.29 is 13.9 Å². The standard InChI is InChI=1S/C28H47BrFO2/c1-2-3-4-5-6-7-8-9-10-11-12-13-14-15-16-17-19-31-20-18-21-32-25-26-22-27(29)24-28(30)23-26/h18,22-24H,2-17,19-21,25H2,1H3. The summed E-state index contributed by atoms with van der Waals surface area (Å²) in [5.74, 6) is -0.246. The van der Waals surface area contributed by atoms with Crippen molar-refractivity contribution in [2.24, 2.45) is 0 Å². The molecule has 0 spiro atoms. The molecule has 0 aromatic heterocycles. The van der Waals surface area contributed by atoms with Gasteiger partial charge in [-0.1, -0.05) is 119 Å². The van der Waals surface area contributed by atoms with Crippen LogP contribution in [0, 0.1) is 12.2 Å². The summed E-state index contributed by atoms with van der Waals surface area (Å²) in [7, 11) is 0. The predicted octanol–water partition coefficient (Wildman–Crippen LogP) is 9.59. The molecule has 0 atom stereocenters. The molecule has 1 rings (SSSR count). The van der Waals surface area contributed by atoms with Crippen LogP contribution in [0.5, 0.6) is 0 Å². The van der Waals surface area contributed by atoms with E-state index in [1.165, 1.54) is 108 Å². The molecule has 0 fully saturated rings. The molecule has 1 aromatic carbocycles. The number of halogens is 2. The summed E-state index contributed by atoms with van der Waals surface area (Å²) in [5.41, 5.74) is 0.833. The van der Waals surface area contributed by atoms with Crippen molar-refractivity contribution in [3.8, 4) is 0 Å². The second kappa shape index (κ2) is 22.3. The predicted molar refractivity (Wildman–Crippen MR) is 138 cm³/mol. The summed E-state index contributed by atoms with van der Waals surface area (Å²) < 4.78 is 25.2. The van der Waals surface area contributed by atoms with E-state index in [0.717, 1.165) is 23.1 Å². The van der Waals surface area contributed by atoms with E-state index >= 15 is 0 Å². The van der Waals surface area contributed by atoms with Gasteiger partial charge in [0.1, 0.15) is 5.82 Å². The van der Waals surface area contributed by atoms with Gasteiger partial charge in [-0.2, -0.15) is 0 Å². The first-order valence-corrected chi connectivity index (χ1v) is 13.9. The molecule has 0 saturated carbocycles. The summed E-state index contributed by atoms with van der Waals surface area (Å²) in [6.07, 6.45) is 24.2. The lowest BCUT2D eigenvalue weighted by Gasteiger charge is -2.06. The lowest BCUT2D eigenvalue weighted by Crippen LogP contribution is -2.03. The minimum absolute atomic E-state index is 0.246. The number of hydrogen-bond donors (Lipinski definition) is 0. The molecule has 1 radical (unpaired) electrons. The Morgan fingerprint density at radius 1 is 0.688 bits per heavy atom.